The summed E-state index contributed by atoms with van der Waals surface area (Å²) in [5.41, 5.74) is 19.8. The van der Waals surface area contributed by atoms with Gasteiger partial charge in [0.25, 0.3) is 0 Å². The Morgan fingerprint density at radius 1 is 0.535 bits per heavy atom. The van der Waals surface area contributed by atoms with E-state index < -0.39 is 0 Å². The van der Waals surface area contributed by atoms with Crippen LogP contribution in [0, 0.1) is 6.92 Å². The molecule has 346 valence electrons. The van der Waals surface area contributed by atoms with Crippen LogP contribution in [-0.4, -0.2) is 6.85 Å². The van der Waals surface area contributed by atoms with Crippen LogP contribution in [-0.2, 0) is 16.2 Å². The van der Waals surface area contributed by atoms with Gasteiger partial charge in [0, 0.05) is 79.3 Å². The highest BCUT2D eigenvalue weighted by atomic mass is 32.2. The zero-order chi connectivity index (χ0) is 48.3. The first kappa shape index (κ1) is 43.6. The van der Waals surface area contributed by atoms with Crippen molar-refractivity contribution in [3.05, 3.63) is 186 Å². The summed E-state index contributed by atoms with van der Waals surface area (Å²) in [5, 5.41) is 5.20. The van der Waals surface area contributed by atoms with Crippen molar-refractivity contribution in [3.8, 4) is 22.3 Å². The van der Waals surface area contributed by atoms with Crippen molar-refractivity contribution in [2.45, 2.75) is 104 Å². The number of nitrogens with zero attached hydrogens (tertiary/aromatic N) is 2. The van der Waals surface area contributed by atoms with Crippen molar-refractivity contribution in [1.82, 2.24) is 0 Å². The van der Waals surface area contributed by atoms with Crippen molar-refractivity contribution in [2.24, 2.45) is 0 Å². The van der Waals surface area contributed by atoms with E-state index in [4.69, 9.17) is 0 Å². The Hall–Kier alpha value is -6.18. The van der Waals surface area contributed by atoms with Crippen molar-refractivity contribution in [1.29, 1.82) is 0 Å². The third-order valence-electron chi connectivity index (χ3n) is 16.4. The number of aryl methyl sites for hydroxylation is 1. The Bertz CT molecular complexity index is 3910. The molecule has 0 saturated carbocycles. The Labute approximate surface area is 431 Å². The lowest BCUT2D eigenvalue weighted by molar-refractivity contribution is 0.332. The minimum absolute atomic E-state index is 0.0425. The molecule has 0 spiro atoms. The maximum absolute atomic E-state index is 2.81. The molecule has 0 radical (unpaired) electrons. The van der Waals surface area contributed by atoms with Gasteiger partial charge in [-0.15, -0.1) is 11.3 Å². The molecule has 1 aromatic heterocycles. The second-order valence-corrected chi connectivity index (χ2v) is 26.0. The molecule has 1 aliphatic carbocycles. The number of anilines is 5. The van der Waals surface area contributed by atoms with Gasteiger partial charge in [-0.25, -0.2) is 0 Å². The van der Waals surface area contributed by atoms with E-state index in [0.717, 1.165) is 6.42 Å². The van der Waals surface area contributed by atoms with E-state index in [9.17, 15) is 0 Å². The number of benzene rings is 9. The average molecular weight is 971 g/mol. The third-order valence-corrected chi connectivity index (χ3v) is 20.1. The number of hydrogen-bond acceptors (Lipinski definition) is 5. The molecule has 0 fully saturated rings. The van der Waals surface area contributed by atoms with Gasteiger partial charge in [-0.3, -0.25) is 0 Å². The number of hydrogen-bond donors (Lipinski definition) is 0. The minimum atomic E-state index is -0.169. The van der Waals surface area contributed by atoms with Crippen LogP contribution in [0.5, 0.6) is 0 Å². The molecule has 4 aliphatic rings. The summed E-state index contributed by atoms with van der Waals surface area (Å²) in [6.45, 7) is 19.1. The fourth-order valence-electron chi connectivity index (χ4n) is 12.6. The average Bonchev–Trinajstić information content (AvgIpc) is 3.76. The SMILES string of the molecule is Cc1cc2c(cc1N1c3cc4c(cc3B3c5c1cc1ccccc1c5-c1ccc5sc6ccccc6c5c1N3c1ccc(C(C)(C)C)cc1-c1ccccc1)Sc1ccccc1S4)C(C)(C)CCC2(C)C. The summed E-state index contributed by atoms with van der Waals surface area (Å²) >= 11 is 5.77. The van der Waals surface area contributed by atoms with E-state index in [1.54, 1.807) is 0 Å². The largest absolute Gasteiger partial charge is 0.375 e. The molecule has 0 saturated heterocycles. The molecule has 4 heterocycles. The molecular weight excluding hydrogens is 916 g/mol. The van der Waals surface area contributed by atoms with Gasteiger partial charge in [0.1, 0.15) is 0 Å². The summed E-state index contributed by atoms with van der Waals surface area (Å²) in [7, 11) is 0. The first-order valence-electron chi connectivity index (χ1n) is 25.3. The number of thiophene rings is 1. The van der Waals surface area contributed by atoms with Gasteiger partial charge in [0.05, 0.1) is 0 Å². The molecular formula is C65H55BN2S3. The van der Waals surface area contributed by atoms with Crippen molar-refractivity contribution in [3.63, 3.8) is 0 Å². The maximum atomic E-state index is 2.81. The van der Waals surface area contributed by atoms with Gasteiger partial charge in [0.15, 0.2) is 0 Å². The minimum Gasteiger partial charge on any atom is -0.375 e. The van der Waals surface area contributed by atoms with Crippen LogP contribution in [0.1, 0.15) is 83.6 Å². The molecule has 3 aliphatic heterocycles. The first-order chi connectivity index (χ1) is 34.2. The van der Waals surface area contributed by atoms with Crippen LogP contribution in [0.3, 0.4) is 0 Å². The molecule has 14 rings (SSSR count). The maximum Gasteiger partial charge on any atom is 0.333 e. The van der Waals surface area contributed by atoms with Gasteiger partial charge in [-0.1, -0.05) is 175 Å². The zero-order valence-corrected chi connectivity index (χ0v) is 44.1. The Morgan fingerprint density at radius 2 is 1.20 bits per heavy atom. The summed E-state index contributed by atoms with van der Waals surface area (Å²) in [4.78, 5) is 10.8. The molecule has 0 N–H and O–H groups in total. The molecule has 9 aromatic carbocycles. The molecule has 6 heteroatoms. The van der Waals surface area contributed by atoms with Crippen molar-refractivity contribution in [2.75, 3.05) is 9.71 Å². The molecule has 0 unspecified atom stereocenters. The zero-order valence-electron chi connectivity index (χ0n) is 41.7. The van der Waals surface area contributed by atoms with Gasteiger partial charge in [0.2, 0.25) is 0 Å². The first-order valence-corrected chi connectivity index (χ1v) is 27.8. The van der Waals surface area contributed by atoms with Crippen LogP contribution in [0.25, 0.3) is 53.2 Å². The summed E-state index contributed by atoms with van der Waals surface area (Å²) in [6, 6.07) is 63.6. The molecule has 10 aromatic rings. The van der Waals surface area contributed by atoms with Crippen LogP contribution >= 0.6 is 34.9 Å². The Balaban J connectivity index is 1.17. The van der Waals surface area contributed by atoms with Crippen LogP contribution < -0.4 is 20.6 Å². The summed E-state index contributed by atoms with van der Waals surface area (Å²) in [5.74, 6) is 0. The predicted octanol–water partition coefficient (Wildman–Crippen LogP) is 18.2. The van der Waals surface area contributed by atoms with Crippen molar-refractivity contribution < 1.29 is 0 Å². The predicted molar refractivity (Wildman–Crippen MR) is 309 cm³/mol. The van der Waals surface area contributed by atoms with E-state index in [1.807, 2.05) is 34.9 Å². The van der Waals surface area contributed by atoms with Gasteiger partial charge < -0.3 is 9.71 Å². The highest BCUT2D eigenvalue weighted by Gasteiger charge is 2.48. The fourth-order valence-corrected chi connectivity index (χ4v) is 15.9. The summed E-state index contributed by atoms with van der Waals surface area (Å²) < 4.78 is 2.63. The topological polar surface area (TPSA) is 6.48 Å². The quantitative estimate of drug-likeness (QED) is 0.163. The summed E-state index contributed by atoms with van der Waals surface area (Å²) in [6.07, 6.45) is 2.35. The lowest BCUT2D eigenvalue weighted by Crippen LogP contribution is -2.62. The number of fused-ring (bicyclic) bond motifs is 13. The molecule has 0 amide bonds. The normalized spacial score (nSPS) is 16.1. The highest BCUT2D eigenvalue weighted by Crippen LogP contribution is 2.58. The second-order valence-electron chi connectivity index (χ2n) is 22.8. The number of rotatable bonds is 3. The van der Waals surface area contributed by atoms with Crippen LogP contribution in [0.2, 0.25) is 0 Å². The molecule has 2 nitrogen and oxygen atoms in total. The van der Waals surface area contributed by atoms with Crippen LogP contribution in [0.15, 0.2) is 183 Å². The Morgan fingerprint density at radius 3 is 1.94 bits per heavy atom. The van der Waals surface area contributed by atoms with E-state index in [0.29, 0.717) is 0 Å². The smallest absolute Gasteiger partial charge is 0.333 e. The standard InChI is InChI=1S/C65H55BN2S3/c1-38-32-46-47(65(7,8)31-30-64(46,5)6)35-50(38)67-51-37-58-57(70-54-24-16-17-25-55(54)71-58)36-48(51)66-61-52(67)33-40-20-12-13-21-42(40)59(61)44-27-29-56-60(43-22-14-15-23-53(43)69-56)62(44)68(66)49-28-26-41(63(2,3)4)34-45(49)39-18-10-9-11-19-39/h9-29,32-37H,30-31H2,1-8H3. The molecule has 71 heavy (non-hydrogen) atoms. The van der Waals surface area contributed by atoms with Crippen molar-refractivity contribution >= 4 is 112 Å². The van der Waals surface area contributed by atoms with Gasteiger partial charge in [-0.05, 0) is 152 Å². The van der Waals surface area contributed by atoms with Gasteiger partial charge >= 0.3 is 6.85 Å². The van der Waals surface area contributed by atoms with E-state index >= 15 is 0 Å². The Kier molecular flexibility index (Phi) is 9.47. The third kappa shape index (κ3) is 6.49. The van der Waals surface area contributed by atoms with E-state index in [-0.39, 0.29) is 23.1 Å². The highest BCUT2D eigenvalue weighted by molar-refractivity contribution is 8.05. The lowest BCUT2D eigenvalue weighted by Gasteiger charge is -2.48. The van der Waals surface area contributed by atoms with E-state index in [1.165, 1.54) is 141 Å². The molecule has 0 bridgehead atoms. The van der Waals surface area contributed by atoms with E-state index in [2.05, 4.69) is 229 Å². The van der Waals surface area contributed by atoms with Gasteiger partial charge in [-0.2, -0.15) is 0 Å². The van der Waals surface area contributed by atoms with Crippen LogP contribution in [0.4, 0.5) is 28.4 Å². The second kappa shape index (κ2) is 15.4. The monoisotopic (exact) mass is 970 g/mol. The fraction of sp³-hybridized carbons (Fsp3) is 0.200. The lowest BCUT2D eigenvalue weighted by atomic mass is 9.43. The molecule has 0 atom stereocenters.